The van der Waals surface area contributed by atoms with Crippen LogP contribution in [0.1, 0.15) is 46.2 Å². The van der Waals surface area contributed by atoms with E-state index in [1.807, 2.05) is 48.5 Å². The van der Waals surface area contributed by atoms with Gasteiger partial charge in [0.2, 0.25) is 21.8 Å². The maximum atomic E-state index is 13.9. The van der Waals surface area contributed by atoms with Gasteiger partial charge in [-0.1, -0.05) is 91.0 Å². The molecule has 0 aliphatic rings. The number of nitrogens with two attached hydrogens (primary N) is 2. The number of ether oxygens (including phenoxy) is 1. The smallest absolute Gasteiger partial charge is 0.243 e. The maximum Gasteiger partial charge on any atom is 0.243 e. The lowest BCUT2D eigenvalue weighted by Gasteiger charge is -2.24. The summed E-state index contributed by atoms with van der Waals surface area (Å²) in [6.45, 7) is 0.480. The molecule has 0 heterocycles. The number of amides is 2. The molecule has 8 N–H and O–H groups in total. The number of benzene rings is 4. The molecular formula is C37H44N6O5S. The fourth-order valence-corrected chi connectivity index (χ4v) is 6.69. The molecule has 2 amide bonds. The summed E-state index contributed by atoms with van der Waals surface area (Å²) >= 11 is 0. The second kappa shape index (κ2) is 17.9. The number of hydrogen-bond acceptors (Lipinski definition) is 7. The summed E-state index contributed by atoms with van der Waals surface area (Å²) in [5, 5.41) is 13.3. The fourth-order valence-electron chi connectivity index (χ4n) is 5.31. The van der Waals surface area contributed by atoms with Gasteiger partial charge in [0.1, 0.15) is 23.7 Å². The van der Waals surface area contributed by atoms with Crippen LogP contribution < -0.4 is 31.6 Å². The van der Waals surface area contributed by atoms with Crippen LogP contribution in [0.4, 0.5) is 0 Å². The van der Waals surface area contributed by atoms with Gasteiger partial charge in [-0.15, -0.1) is 0 Å². The van der Waals surface area contributed by atoms with Crippen molar-refractivity contribution in [2.45, 2.75) is 56.6 Å². The lowest BCUT2D eigenvalue weighted by Crippen LogP contribution is -2.54. The van der Waals surface area contributed by atoms with E-state index in [1.54, 1.807) is 61.7 Å². The number of hydrogen-bond donors (Lipinski definition) is 6. The Bertz CT molecular complexity index is 1800. The number of carbonyl (C=O) groups is 2. The first kappa shape index (κ1) is 36.8. The summed E-state index contributed by atoms with van der Waals surface area (Å²) in [6, 6.07) is 28.5. The highest BCUT2D eigenvalue weighted by Crippen LogP contribution is 2.16. The standard InChI is InChI=1S/C37H44N6O5S/c1-48-32-19-15-26(16-20-32)9-6-12-33(43-49(46,47)25-28-7-3-2-4-8-28)37(45)42-34(22-29-10-5-11-30(21-29)23-38)36(44)41-24-27-13-17-31(18-14-27)35(39)40/h2-5,7-8,10-11,13-21,33-34,43H,6,9,12,22-25,38H2,1H3,(H3,39,40)(H,41,44)(H,42,45). The van der Waals surface area contributed by atoms with Crippen LogP contribution in [0.2, 0.25) is 0 Å². The summed E-state index contributed by atoms with van der Waals surface area (Å²) in [5.74, 6) is -0.674. The highest BCUT2D eigenvalue weighted by atomic mass is 32.2. The molecule has 258 valence electrons. The molecule has 0 bridgehead atoms. The van der Waals surface area contributed by atoms with Crippen molar-refractivity contribution in [1.29, 1.82) is 5.41 Å². The molecule has 4 aromatic carbocycles. The van der Waals surface area contributed by atoms with Gasteiger partial charge in [-0.3, -0.25) is 15.0 Å². The van der Waals surface area contributed by atoms with E-state index in [-0.39, 0.29) is 31.0 Å². The topological polar surface area (TPSA) is 189 Å². The van der Waals surface area contributed by atoms with Crippen molar-refractivity contribution in [3.05, 3.63) is 137 Å². The van der Waals surface area contributed by atoms with Gasteiger partial charge in [0.25, 0.3) is 0 Å². The van der Waals surface area contributed by atoms with Crippen molar-refractivity contribution >= 4 is 27.7 Å². The van der Waals surface area contributed by atoms with E-state index < -0.39 is 33.9 Å². The van der Waals surface area contributed by atoms with E-state index in [9.17, 15) is 18.0 Å². The van der Waals surface area contributed by atoms with Crippen molar-refractivity contribution < 1.29 is 22.7 Å². The molecule has 49 heavy (non-hydrogen) atoms. The Morgan fingerprint density at radius 2 is 1.45 bits per heavy atom. The largest absolute Gasteiger partial charge is 0.497 e. The number of carbonyl (C=O) groups excluding carboxylic acids is 2. The van der Waals surface area contributed by atoms with E-state index in [4.69, 9.17) is 21.6 Å². The first-order chi connectivity index (χ1) is 23.5. The minimum atomic E-state index is -3.93. The van der Waals surface area contributed by atoms with Gasteiger partial charge in [-0.2, -0.15) is 0 Å². The molecular weight excluding hydrogens is 641 g/mol. The zero-order chi connectivity index (χ0) is 35.2. The Labute approximate surface area is 288 Å². The highest BCUT2D eigenvalue weighted by Gasteiger charge is 2.29. The number of methoxy groups -OCH3 is 1. The quantitative estimate of drug-likeness (QED) is 0.0685. The molecule has 12 heteroatoms. The lowest BCUT2D eigenvalue weighted by molar-refractivity contribution is -0.130. The average molecular weight is 685 g/mol. The summed E-state index contributed by atoms with van der Waals surface area (Å²) in [4.78, 5) is 27.5. The van der Waals surface area contributed by atoms with Crippen molar-refractivity contribution in [2.75, 3.05) is 7.11 Å². The van der Waals surface area contributed by atoms with Crippen LogP contribution in [0.15, 0.2) is 103 Å². The second-order valence-electron chi connectivity index (χ2n) is 11.8. The molecule has 0 fully saturated rings. The van der Waals surface area contributed by atoms with Crippen LogP contribution in [-0.2, 0) is 51.3 Å². The van der Waals surface area contributed by atoms with Gasteiger partial charge in [0.15, 0.2) is 0 Å². The molecule has 0 radical (unpaired) electrons. The monoisotopic (exact) mass is 684 g/mol. The van der Waals surface area contributed by atoms with Crippen molar-refractivity contribution in [1.82, 2.24) is 15.4 Å². The predicted octanol–water partition coefficient (Wildman–Crippen LogP) is 3.29. The van der Waals surface area contributed by atoms with Crippen molar-refractivity contribution in [3.63, 3.8) is 0 Å². The zero-order valence-electron chi connectivity index (χ0n) is 27.5. The van der Waals surface area contributed by atoms with E-state index in [0.717, 1.165) is 28.0 Å². The molecule has 4 aromatic rings. The minimum absolute atomic E-state index is 0.0592. The fraction of sp³-hybridized carbons (Fsp3) is 0.270. The number of sulfonamides is 1. The molecule has 0 spiro atoms. The molecule has 0 aliphatic heterocycles. The Hall–Kier alpha value is -5.04. The van der Waals surface area contributed by atoms with E-state index >= 15 is 0 Å². The van der Waals surface area contributed by atoms with Gasteiger partial charge < -0.3 is 26.8 Å². The molecule has 0 saturated carbocycles. The molecule has 2 unspecified atom stereocenters. The minimum Gasteiger partial charge on any atom is -0.497 e. The maximum absolute atomic E-state index is 13.9. The lowest BCUT2D eigenvalue weighted by atomic mass is 10.0. The zero-order valence-corrected chi connectivity index (χ0v) is 28.3. The molecule has 2 atom stereocenters. The molecule has 0 saturated heterocycles. The average Bonchev–Trinajstić information content (AvgIpc) is 3.10. The SMILES string of the molecule is COc1ccc(CCCC(NS(=O)(=O)Cc2ccccc2)C(=O)NC(Cc2cccc(CN)c2)C(=O)NCc2ccc(C(=N)N)cc2)cc1. The van der Waals surface area contributed by atoms with Crippen LogP contribution in [-0.4, -0.2) is 45.3 Å². The van der Waals surface area contributed by atoms with Crippen LogP contribution in [0.3, 0.4) is 0 Å². The van der Waals surface area contributed by atoms with Gasteiger partial charge >= 0.3 is 0 Å². The van der Waals surface area contributed by atoms with Crippen molar-refractivity contribution in [3.8, 4) is 5.75 Å². The summed E-state index contributed by atoms with van der Waals surface area (Å²) in [6.07, 6.45) is 1.46. The molecule has 4 rings (SSSR count). The Balaban J connectivity index is 1.53. The Kier molecular flexibility index (Phi) is 13.5. The van der Waals surface area contributed by atoms with Gasteiger partial charge in [0.05, 0.1) is 12.9 Å². The Morgan fingerprint density at radius 3 is 2.10 bits per heavy atom. The third-order valence-electron chi connectivity index (χ3n) is 7.99. The predicted molar refractivity (Wildman–Crippen MR) is 191 cm³/mol. The van der Waals surface area contributed by atoms with Crippen molar-refractivity contribution in [2.24, 2.45) is 11.5 Å². The molecule has 11 nitrogen and oxygen atoms in total. The number of nitrogen functional groups attached to an aromatic ring is 1. The third kappa shape index (κ3) is 11.9. The van der Waals surface area contributed by atoms with Crippen LogP contribution in [0, 0.1) is 5.41 Å². The van der Waals surface area contributed by atoms with Crippen LogP contribution >= 0.6 is 0 Å². The van der Waals surface area contributed by atoms with Gasteiger partial charge in [-0.25, -0.2) is 13.1 Å². The first-order valence-corrected chi connectivity index (χ1v) is 17.7. The number of amidine groups is 1. The number of aryl methyl sites for hydroxylation is 1. The van der Waals surface area contributed by atoms with Gasteiger partial charge in [-0.05, 0) is 59.2 Å². The highest BCUT2D eigenvalue weighted by molar-refractivity contribution is 7.88. The second-order valence-corrected chi connectivity index (χ2v) is 13.5. The van der Waals surface area contributed by atoms with E-state index in [1.165, 1.54) is 0 Å². The summed E-state index contributed by atoms with van der Waals surface area (Å²) in [5.41, 5.74) is 16.0. The number of rotatable bonds is 18. The van der Waals surface area contributed by atoms with Gasteiger partial charge in [0, 0.05) is 25.1 Å². The summed E-state index contributed by atoms with van der Waals surface area (Å²) in [7, 11) is -2.34. The van der Waals surface area contributed by atoms with E-state index in [2.05, 4.69) is 15.4 Å². The van der Waals surface area contributed by atoms with Crippen LogP contribution in [0.25, 0.3) is 0 Å². The van der Waals surface area contributed by atoms with E-state index in [0.29, 0.717) is 30.5 Å². The molecule has 0 aliphatic carbocycles. The normalized spacial score (nSPS) is 12.4. The van der Waals surface area contributed by atoms with Crippen LogP contribution in [0.5, 0.6) is 5.75 Å². The first-order valence-electron chi connectivity index (χ1n) is 16.0. The Morgan fingerprint density at radius 1 is 0.796 bits per heavy atom. The molecule has 0 aromatic heterocycles. The number of nitrogens with one attached hydrogen (secondary N) is 4. The third-order valence-corrected chi connectivity index (χ3v) is 9.34. The summed E-state index contributed by atoms with van der Waals surface area (Å²) < 4.78 is 34.5.